The molecule has 1 unspecified atom stereocenters. The Kier molecular flexibility index (Phi) is 4.45. The zero-order valence-electron chi connectivity index (χ0n) is 8.50. The Morgan fingerprint density at radius 1 is 1.29 bits per heavy atom. The van der Waals surface area contributed by atoms with Crippen LogP contribution in [-0.2, 0) is 4.43 Å². The fourth-order valence-electron chi connectivity index (χ4n) is 1.01. The number of para-hydroxylation sites is 1. The lowest BCUT2D eigenvalue weighted by Crippen LogP contribution is -2.35. The van der Waals surface area contributed by atoms with Crippen molar-refractivity contribution >= 4 is 18.9 Å². The molecule has 1 rings (SSSR count). The Balaban J connectivity index is 2.50. The minimum Gasteiger partial charge on any atom is -0.510 e. The van der Waals surface area contributed by atoms with Gasteiger partial charge in [-0.2, -0.15) is 0 Å². The van der Waals surface area contributed by atoms with Gasteiger partial charge in [0.05, 0.1) is 0 Å². The van der Waals surface area contributed by atoms with Crippen LogP contribution in [0.3, 0.4) is 0 Å². The highest BCUT2D eigenvalue weighted by molar-refractivity contribution is 7.12. The van der Waals surface area contributed by atoms with Gasteiger partial charge in [-0.15, -0.1) is 0 Å². The molecule has 1 atom stereocenters. The van der Waals surface area contributed by atoms with Crippen LogP contribution in [0.4, 0.5) is 0 Å². The Morgan fingerprint density at radius 3 is 2.50 bits per heavy atom. The van der Waals surface area contributed by atoms with Crippen LogP contribution in [0.15, 0.2) is 30.3 Å². The molecule has 0 saturated carbocycles. The van der Waals surface area contributed by atoms with Gasteiger partial charge >= 0.3 is 7.87 Å². The van der Waals surface area contributed by atoms with Gasteiger partial charge in [-0.05, 0) is 18.6 Å². The molecule has 4 heteroatoms. The number of hydrogen-bond donors (Lipinski definition) is 0. The van der Waals surface area contributed by atoms with E-state index in [1.54, 1.807) is 0 Å². The molecule has 1 aromatic rings. The second-order valence-corrected chi connectivity index (χ2v) is 7.32. The third-order valence-corrected chi connectivity index (χ3v) is 3.49. The van der Waals surface area contributed by atoms with Gasteiger partial charge in [0.15, 0.2) is 0 Å². The summed E-state index contributed by atoms with van der Waals surface area (Å²) in [6, 6.07) is 9.52. The lowest BCUT2D eigenvalue weighted by molar-refractivity contribution is 0.261. The molecule has 0 fully saturated rings. The fraction of sp³-hybridized carbons (Fsp3) is 0.400. The van der Waals surface area contributed by atoms with E-state index in [1.807, 2.05) is 43.8 Å². The van der Waals surface area contributed by atoms with Crippen LogP contribution in [0, 0.1) is 0 Å². The van der Waals surface area contributed by atoms with Gasteiger partial charge in [0, 0.05) is 13.2 Å². The molecule has 0 radical (unpaired) electrons. The quantitative estimate of drug-likeness (QED) is 0.571. The third kappa shape index (κ3) is 4.13. The monoisotopic (exact) mass is 230 g/mol. The summed E-state index contributed by atoms with van der Waals surface area (Å²) in [5.74, 6) is 0.771. The van der Waals surface area contributed by atoms with Crippen LogP contribution >= 0.6 is 11.1 Å². The molecule has 78 valence electrons. The molecular formula is C10H15ClO2Si. The minimum atomic E-state index is -2.49. The molecule has 2 nitrogen and oxygen atoms in total. The molecule has 14 heavy (non-hydrogen) atoms. The predicted octanol–water partition coefficient (Wildman–Crippen LogP) is 3.30. The van der Waals surface area contributed by atoms with Crippen LogP contribution in [0.5, 0.6) is 5.75 Å². The smallest absolute Gasteiger partial charge is 0.502 e. The molecule has 0 saturated heterocycles. The maximum Gasteiger partial charge on any atom is 0.502 e. The summed E-state index contributed by atoms with van der Waals surface area (Å²) in [4.78, 5) is 0. The molecule has 0 amide bonds. The van der Waals surface area contributed by atoms with Crippen molar-refractivity contribution in [1.29, 1.82) is 0 Å². The van der Waals surface area contributed by atoms with Crippen molar-refractivity contribution in [2.45, 2.75) is 19.9 Å². The number of rotatable bonds is 5. The second kappa shape index (κ2) is 5.39. The van der Waals surface area contributed by atoms with Gasteiger partial charge in [-0.1, -0.05) is 36.2 Å². The molecule has 0 N–H and O–H groups in total. The number of benzene rings is 1. The van der Waals surface area contributed by atoms with E-state index in [0.717, 1.165) is 12.2 Å². The molecule has 0 aliphatic carbocycles. The van der Waals surface area contributed by atoms with E-state index in [1.165, 1.54) is 0 Å². The third-order valence-electron chi connectivity index (χ3n) is 1.61. The largest absolute Gasteiger partial charge is 0.510 e. The van der Waals surface area contributed by atoms with Crippen LogP contribution < -0.4 is 4.43 Å². The molecular weight excluding hydrogens is 216 g/mol. The van der Waals surface area contributed by atoms with E-state index in [2.05, 4.69) is 0 Å². The van der Waals surface area contributed by atoms with Gasteiger partial charge in [0.25, 0.3) is 0 Å². The van der Waals surface area contributed by atoms with E-state index in [9.17, 15) is 0 Å². The van der Waals surface area contributed by atoms with Gasteiger partial charge in [-0.3, -0.25) is 0 Å². The lowest BCUT2D eigenvalue weighted by atomic mass is 10.3. The Bertz CT molecular complexity index is 264. The summed E-state index contributed by atoms with van der Waals surface area (Å²) < 4.78 is 11.1. The molecule has 0 aliphatic rings. The van der Waals surface area contributed by atoms with Gasteiger partial charge in [0.2, 0.25) is 0 Å². The molecule has 0 heterocycles. The number of hydrogen-bond acceptors (Lipinski definition) is 2. The highest BCUT2D eigenvalue weighted by atomic mass is 35.6. The Hall–Kier alpha value is -0.513. The van der Waals surface area contributed by atoms with Crippen molar-refractivity contribution in [1.82, 2.24) is 0 Å². The summed E-state index contributed by atoms with van der Waals surface area (Å²) in [5, 5.41) is 0. The fourth-order valence-corrected chi connectivity index (χ4v) is 2.70. The second-order valence-electron chi connectivity index (χ2n) is 3.10. The standard InChI is InChI=1S/C10H15ClO2Si/c1-3-9-12-14(2,11)13-10-7-5-4-6-8-10/h4-8H,3,9H2,1-2H3. The van der Waals surface area contributed by atoms with E-state index < -0.39 is 7.87 Å². The normalized spacial score (nSPS) is 14.8. The first-order valence-corrected chi connectivity index (χ1v) is 8.04. The van der Waals surface area contributed by atoms with Crippen molar-refractivity contribution in [3.63, 3.8) is 0 Å². The van der Waals surface area contributed by atoms with E-state index >= 15 is 0 Å². The SMILES string of the molecule is CCCO[Si](C)(Cl)Oc1ccccc1. The van der Waals surface area contributed by atoms with Crippen molar-refractivity contribution in [2.75, 3.05) is 6.61 Å². The molecule has 0 aliphatic heterocycles. The summed E-state index contributed by atoms with van der Waals surface area (Å²) >= 11 is 6.14. The summed E-state index contributed by atoms with van der Waals surface area (Å²) in [6.45, 7) is 4.53. The summed E-state index contributed by atoms with van der Waals surface area (Å²) in [6.07, 6.45) is 0.952. The first-order chi connectivity index (χ1) is 6.64. The molecule has 0 aromatic heterocycles. The molecule has 0 bridgehead atoms. The first kappa shape index (κ1) is 11.6. The number of halogens is 1. The summed E-state index contributed by atoms with van der Waals surface area (Å²) in [7, 11) is -2.49. The molecule has 1 aromatic carbocycles. The average Bonchev–Trinajstić information content (AvgIpc) is 2.16. The van der Waals surface area contributed by atoms with Crippen LogP contribution in [0.25, 0.3) is 0 Å². The highest BCUT2D eigenvalue weighted by Gasteiger charge is 2.30. The highest BCUT2D eigenvalue weighted by Crippen LogP contribution is 2.19. The zero-order valence-corrected chi connectivity index (χ0v) is 10.3. The van der Waals surface area contributed by atoms with Crippen LogP contribution in [-0.4, -0.2) is 14.5 Å². The minimum absolute atomic E-state index is 0.652. The predicted molar refractivity (Wildman–Crippen MR) is 60.8 cm³/mol. The molecule has 0 spiro atoms. The maximum absolute atomic E-state index is 6.14. The van der Waals surface area contributed by atoms with E-state index in [0.29, 0.717) is 6.61 Å². The zero-order chi connectivity index (χ0) is 10.4. The van der Waals surface area contributed by atoms with Crippen LogP contribution in [0.1, 0.15) is 13.3 Å². The Labute approximate surface area is 90.8 Å². The van der Waals surface area contributed by atoms with Crippen molar-refractivity contribution in [3.8, 4) is 5.75 Å². The topological polar surface area (TPSA) is 18.5 Å². The van der Waals surface area contributed by atoms with Crippen LogP contribution in [0.2, 0.25) is 6.55 Å². The maximum atomic E-state index is 6.14. The average molecular weight is 231 g/mol. The van der Waals surface area contributed by atoms with Crippen molar-refractivity contribution in [2.24, 2.45) is 0 Å². The van der Waals surface area contributed by atoms with Crippen molar-refractivity contribution in [3.05, 3.63) is 30.3 Å². The van der Waals surface area contributed by atoms with E-state index in [-0.39, 0.29) is 0 Å². The summed E-state index contributed by atoms with van der Waals surface area (Å²) in [5.41, 5.74) is 0. The van der Waals surface area contributed by atoms with E-state index in [4.69, 9.17) is 19.9 Å². The van der Waals surface area contributed by atoms with Gasteiger partial charge in [0.1, 0.15) is 5.75 Å². The van der Waals surface area contributed by atoms with Crippen molar-refractivity contribution < 1.29 is 8.85 Å². The first-order valence-electron chi connectivity index (χ1n) is 4.71. The lowest BCUT2D eigenvalue weighted by Gasteiger charge is -2.20. The van der Waals surface area contributed by atoms with Gasteiger partial charge in [-0.25, -0.2) is 0 Å². The Morgan fingerprint density at radius 2 is 1.93 bits per heavy atom. The van der Waals surface area contributed by atoms with Gasteiger partial charge < -0.3 is 8.85 Å².